The Hall–Kier alpha value is -1.34. The molecule has 0 aromatic carbocycles. The van der Waals surface area contributed by atoms with Gasteiger partial charge in [0.1, 0.15) is 0 Å². The molecule has 18 heavy (non-hydrogen) atoms. The number of nitrogens with one attached hydrogen (secondary N) is 1. The van der Waals surface area contributed by atoms with Gasteiger partial charge in [0, 0.05) is 32.2 Å². The third-order valence-corrected chi connectivity index (χ3v) is 2.81. The van der Waals surface area contributed by atoms with E-state index in [0.29, 0.717) is 26.2 Å². The summed E-state index contributed by atoms with van der Waals surface area (Å²) >= 11 is 0. The fraction of sp³-hybridized carbons (Fsp3) is 0.818. The summed E-state index contributed by atoms with van der Waals surface area (Å²) in [6.07, 6.45) is 0.803. The maximum Gasteiger partial charge on any atom is 0.317 e. The first kappa shape index (κ1) is 14.7. The minimum atomic E-state index is -0.897. The molecule has 0 bridgehead atoms. The molecule has 1 rings (SSSR count). The number of likely N-dealkylation sites (tertiary alicyclic amines) is 1. The van der Waals surface area contributed by atoms with Crippen LogP contribution in [0, 0.1) is 5.92 Å². The highest BCUT2D eigenvalue weighted by Crippen LogP contribution is 2.14. The van der Waals surface area contributed by atoms with Crippen LogP contribution >= 0.6 is 0 Å². The van der Waals surface area contributed by atoms with Crippen molar-refractivity contribution in [1.82, 2.24) is 10.2 Å². The smallest absolute Gasteiger partial charge is 0.317 e. The first-order valence-electron chi connectivity index (χ1n) is 6.06. The van der Waals surface area contributed by atoms with Gasteiger partial charge in [0.2, 0.25) is 0 Å². The van der Waals surface area contributed by atoms with Crippen molar-refractivity contribution in [1.29, 1.82) is 0 Å². The number of ether oxygens (including phenoxy) is 1. The van der Waals surface area contributed by atoms with Crippen LogP contribution in [0.2, 0.25) is 0 Å². The summed E-state index contributed by atoms with van der Waals surface area (Å²) in [7, 11) is 0. The number of hydrogen-bond donors (Lipinski definition) is 3. The molecule has 1 saturated heterocycles. The van der Waals surface area contributed by atoms with Crippen molar-refractivity contribution in [2.24, 2.45) is 5.92 Å². The van der Waals surface area contributed by atoms with Gasteiger partial charge in [-0.15, -0.1) is 0 Å². The van der Waals surface area contributed by atoms with Gasteiger partial charge in [-0.05, 0) is 6.42 Å². The molecular weight excluding hydrogens is 240 g/mol. The number of urea groups is 1. The Labute approximate surface area is 106 Å². The Morgan fingerprint density at radius 3 is 2.78 bits per heavy atom. The Balaban J connectivity index is 2.02. The largest absolute Gasteiger partial charge is 0.481 e. The van der Waals surface area contributed by atoms with Crippen LogP contribution in [0.1, 0.15) is 12.8 Å². The molecule has 2 amide bonds. The third-order valence-electron chi connectivity index (χ3n) is 2.81. The van der Waals surface area contributed by atoms with Crippen LogP contribution in [0.3, 0.4) is 0 Å². The van der Waals surface area contributed by atoms with Gasteiger partial charge in [-0.3, -0.25) is 4.79 Å². The second-order valence-electron chi connectivity index (χ2n) is 4.27. The normalized spacial score (nSPS) is 18.9. The van der Waals surface area contributed by atoms with Crippen LogP contribution in [0.5, 0.6) is 0 Å². The first-order valence-corrected chi connectivity index (χ1v) is 6.06. The van der Waals surface area contributed by atoms with E-state index in [2.05, 4.69) is 5.32 Å². The van der Waals surface area contributed by atoms with E-state index in [0.717, 1.165) is 6.42 Å². The summed E-state index contributed by atoms with van der Waals surface area (Å²) < 4.78 is 5.05. The fourth-order valence-electron chi connectivity index (χ4n) is 1.77. The van der Waals surface area contributed by atoms with Crippen LogP contribution in [-0.4, -0.2) is 66.6 Å². The lowest BCUT2D eigenvalue weighted by Crippen LogP contribution is -2.40. The first-order chi connectivity index (χ1) is 8.63. The van der Waals surface area contributed by atoms with Gasteiger partial charge < -0.3 is 25.2 Å². The molecule has 1 heterocycles. The molecule has 0 aromatic heterocycles. The lowest BCUT2D eigenvalue weighted by Gasteiger charge is -2.16. The van der Waals surface area contributed by atoms with E-state index in [1.54, 1.807) is 4.90 Å². The molecule has 0 saturated carbocycles. The van der Waals surface area contributed by atoms with Crippen molar-refractivity contribution in [3.05, 3.63) is 0 Å². The zero-order chi connectivity index (χ0) is 13.4. The number of aliphatic hydroxyl groups is 1. The number of carbonyl (C=O) groups is 2. The monoisotopic (exact) mass is 260 g/mol. The number of nitrogens with zero attached hydrogens (tertiary/aromatic N) is 1. The van der Waals surface area contributed by atoms with Crippen molar-refractivity contribution < 1.29 is 24.5 Å². The minimum absolute atomic E-state index is 0.0295. The molecule has 104 valence electrons. The van der Waals surface area contributed by atoms with E-state index in [1.165, 1.54) is 0 Å². The summed E-state index contributed by atoms with van der Waals surface area (Å²) in [4.78, 5) is 23.5. The number of carboxylic acids is 1. The fourth-order valence-corrected chi connectivity index (χ4v) is 1.77. The number of hydrogen-bond acceptors (Lipinski definition) is 4. The van der Waals surface area contributed by atoms with E-state index in [9.17, 15) is 9.59 Å². The number of aliphatic hydroxyl groups excluding tert-OH is 1. The van der Waals surface area contributed by atoms with E-state index >= 15 is 0 Å². The van der Waals surface area contributed by atoms with Crippen LogP contribution in [0.4, 0.5) is 4.79 Å². The number of carboxylic acid groups (broad SMARTS) is 1. The highest BCUT2D eigenvalue weighted by atomic mass is 16.5. The van der Waals surface area contributed by atoms with Crippen molar-refractivity contribution in [2.45, 2.75) is 12.8 Å². The highest BCUT2D eigenvalue weighted by molar-refractivity contribution is 5.74. The van der Waals surface area contributed by atoms with E-state index in [4.69, 9.17) is 14.9 Å². The molecule has 0 spiro atoms. The lowest BCUT2D eigenvalue weighted by atomic mass is 10.1. The third kappa shape index (κ3) is 5.33. The molecule has 1 atom stereocenters. The molecule has 0 aliphatic carbocycles. The molecule has 7 nitrogen and oxygen atoms in total. The van der Waals surface area contributed by atoms with Gasteiger partial charge in [-0.1, -0.05) is 0 Å². The average molecular weight is 260 g/mol. The Morgan fingerprint density at radius 1 is 1.39 bits per heavy atom. The molecule has 3 N–H and O–H groups in total. The second-order valence-corrected chi connectivity index (χ2v) is 4.27. The van der Waals surface area contributed by atoms with Crippen molar-refractivity contribution in [3.63, 3.8) is 0 Å². The number of carbonyl (C=O) groups excluding carboxylic acids is 1. The van der Waals surface area contributed by atoms with Crippen molar-refractivity contribution in [3.8, 4) is 0 Å². The molecule has 1 unspecified atom stereocenters. The Bertz CT molecular complexity index is 285. The molecule has 0 radical (unpaired) electrons. The van der Waals surface area contributed by atoms with Crippen molar-refractivity contribution >= 4 is 12.0 Å². The van der Waals surface area contributed by atoms with Gasteiger partial charge >= 0.3 is 12.0 Å². The van der Waals surface area contributed by atoms with Crippen LogP contribution in [-0.2, 0) is 9.53 Å². The second kappa shape index (κ2) is 7.88. The molecule has 1 aliphatic rings. The van der Waals surface area contributed by atoms with Crippen LogP contribution in [0.15, 0.2) is 0 Å². The summed E-state index contributed by atoms with van der Waals surface area (Å²) in [6, 6.07) is -0.159. The van der Waals surface area contributed by atoms with Crippen molar-refractivity contribution in [2.75, 3.05) is 39.5 Å². The SMILES string of the molecule is O=C(O)CCOCCNC(=O)N1CCC(CO)C1. The van der Waals surface area contributed by atoms with Crippen LogP contribution < -0.4 is 5.32 Å². The number of amides is 2. The van der Waals surface area contributed by atoms with Gasteiger partial charge in [-0.2, -0.15) is 0 Å². The standard InChI is InChI=1S/C11H20N2O5/c14-8-9-1-4-13(7-9)11(17)12-3-6-18-5-2-10(15)16/h9,14H,1-8H2,(H,12,17)(H,15,16). The average Bonchev–Trinajstić information content (AvgIpc) is 2.81. The number of aliphatic carboxylic acids is 1. The van der Waals surface area contributed by atoms with E-state index < -0.39 is 5.97 Å². The van der Waals surface area contributed by atoms with Gasteiger partial charge in [0.15, 0.2) is 0 Å². The zero-order valence-electron chi connectivity index (χ0n) is 10.3. The predicted molar refractivity (Wildman–Crippen MR) is 63.2 cm³/mol. The summed E-state index contributed by atoms with van der Waals surface area (Å²) in [5, 5.41) is 20.0. The van der Waals surface area contributed by atoms with Gasteiger partial charge in [0.05, 0.1) is 19.6 Å². The molecule has 7 heteroatoms. The van der Waals surface area contributed by atoms with E-state index in [-0.39, 0.29) is 31.6 Å². The Morgan fingerprint density at radius 2 is 2.17 bits per heavy atom. The molecule has 1 aliphatic heterocycles. The minimum Gasteiger partial charge on any atom is -0.481 e. The van der Waals surface area contributed by atoms with Gasteiger partial charge in [0.25, 0.3) is 0 Å². The zero-order valence-corrected chi connectivity index (χ0v) is 10.3. The summed E-state index contributed by atoms with van der Waals surface area (Å²) in [6.45, 7) is 2.18. The summed E-state index contributed by atoms with van der Waals surface area (Å²) in [5.74, 6) is -0.714. The maximum atomic E-state index is 11.6. The Kier molecular flexibility index (Phi) is 6.45. The molecule has 1 fully saturated rings. The quantitative estimate of drug-likeness (QED) is 0.536. The van der Waals surface area contributed by atoms with Crippen LogP contribution in [0.25, 0.3) is 0 Å². The van der Waals surface area contributed by atoms with E-state index in [1.807, 2.05) is 0 Å². The maximum absolute atomic E-state index is 11.6. The summed E-state index contributed by atoms with van der Waals surface area (Å²) in [5.41, 5.74) is 0. The topological polar surface area (TPSA) is 99.1 Å². The van der Waals surface area contributed by atoms with Gasteiger partial charge in [-0.25, -0.2) is 4.79 Å². The lowest BCUT2D eigenvalue weighted by molar-refractivity contribution is -0.138. The highest BCUT2D eigenvalue weighted by Gasteiger charge is 2.25. The molecule has 0 aromatic rings. The predicted octanol–water partition coefficient (Wildman–Crippen LogP) is -0.498. The number of rotatable bonds is 7. The molecular formula is C11H20N2O5.